The van der Waals surface area contributed by atoms with Crippen LogP contribution in [0.15, 0.2) is 0 Å². The Hall–Kier alpha value is -0.0800. The standard InChI is InChI=1S/C17H35NO/c1-3-5-6-7-8-9-10-11-12-16(18)15-13-14-19-17(15)4-2/h15-17H,3-14,18H2,1-2H3. The molecule has 114 valence electrons. The lowest BCUT2D eigenvalue weighted by Gasteiger charge is -2.23. The maximum atomic E-state index is 6.35. The van der Waals surface area contributed by atoms with Crippen molar-refractivity contribution in [1.82, 2.24) is 0 Å². The second-order valence-electron chi connectivity index (χ2n) is 6.20. The van der Waals surface area contributed by atoms with Gasteiger partial charge in [-0.25, -0.2) is 0 Å². The van der Waals surface area contributed by atoms with Crippen molar-refractivity contribution in [3.8, 4) is 0 Å². The van der Waals surface area contributed by atoms with Crippen LogP contribution in [0.4, 0.5) is 0 Å². The first-order valence-corrected chi connectivity index (χ1v) is 8.66. The molecule has 19 heavy (non-hydrogen) atoms. The van der Waals surface area contributed by atoms with E-state index in [0.717, 1.165) is 13.0 Å². The minimum absolute atomic E-state index is 0.368. The highest BCUT2D eigenvalue weighted by Crippen LogP contribution is 2.27. The number of ether oxygens (including phenoxy) is 1. The molecule has 0 aromatic rings. The maximum Gasteiger partial charge on any atom is 0.0616 e. The second kappa shape index (κ2) is 10.7. The Morgan fingerprint density at radius 2 is 1.63 bits per heavy atom. The van der Waals surface area contributed by atoms with Gasteiger partial charge in [0.05, 0.1) is 6.10 Å². The molecular formula is C17H35NO. The summed E-state index contributed by atoms with van der Waals surface area (Å²) in [6.07, 6.45) is 15.0. The van der Waals surface area contributed by atoms with Crippen LogP contribution in [0.3, 0.4) is 0 Å². The molecule has 1 aliphatic heterocycles. The van der Waals surface area contributed by atoms with Crippen molar-refractivity contribution in [3.05, 3.63) is 0 Å². The molecule has 2 heteroatoms. The van der Waals surface area contributed by atoms with E-state index in [4.69, 9.17) is 10.5 Å². The molecule has 0 spiro atoms. The summed E-state index contributed by atoms with van der Waals surface area (Å²) >= 11 is 0. The number of unbranched alkanes of at least 4 members (excludes halogenated alkanes) is 7. The fourth-order valence-electron chi connectivity index (χ4n) is 3.30. The fraction of sp³-hybridized carbons (Fsp3) is 1.00. The fourth-order valence-corrected chi connectivity index (χ4v) is 3.30. The van der Waals surface area contributed by atoms with Crippen LogP contribution < -0.4 is 5.73 Å². The predicted octanol–water partition coefficient (Wildman–Crippen LogP) is 4.66. The van der Waals surface area contributed by atoms with E-state index in [1.807, 2.05) is 0 Å². The van der Waals surface area contributed by atoms with Gasteiger partial charge in [0, 0.05) is 18.6 Å². The highest BCUT2D eigenvalue weighted by atomic mass is 16.5. The summed E-state index contributed by atoms with van der Waals surface area (Å²) in [5.41, 5.74) is 6.35. The Balaban J connectivity index is 1.96. The molecule has 0 amide bonds. The van der Waals surface area contributed by atoms with Gasteiger partial charge in [0.2, 0.25) is 0 Å². The molecule has 0 aliphatic carbocycles. The summed E-state index contributed by atoms with van der Waals surface area (Å²) in [5.74, 6) is 0.620. The molecule has 1 heterocycles. The van der Waals surface area contributed by atoms with Crippen molar-refractivity contribution >= 4 is 0 Å². The van der Waals surface area contributed by atoms with E-state index in [0.29, 0.717) is 18.1 Å². The molecule has 0 aromatic carbocycles. The lowest BCUT2D eigenvalue weighted by molar-refractivity contribution is 0.0803. The maximum absolute atomic E-state index is 6.35. The first-order chi connectivity index (χ1) is 9.29. The van der Waals surface area contributed by atoms with E-state index in [1.165, 1.54) is 64.2 Å². The minimum Gasteiger partial charge on any atom is -0.378 e. The normalized spacial score (nSPS) is 24.8. The average molecular weight is 269 g/mol. The Morgan fingerprint density at radius 1 is 1.00 bits per heavy atom. The van der Waals surface area contributed by atoms with Gasteiger partial charge in [0.15, 0.2) is 0 Å². The topological polar surface area (TPSA) is 35.2 Å². The van der Waals surface area contributed by atoms with Gasteiger partial charge in [-0.05, 0) is 19.3 Å². The summed E-state index contributed by atoms with van der Waals surface area (Å²) in [6, 6.07) is 0.368. The van der Waals surface area contributed by atoms with Crippen LogP contribution in [0.5, 0.6) is 0 Å². The molecule has 1 rings (SSSR count). The molecule has 2 N–H and O–H groups in total. The first-order valence-electron chi connectivity index (χ1n) is 8.66. The summed E-state index contributed by atoms with van der Waals surface area (Å²) in [4.78, 5) is 0. The van der Waals surface area contributed by atoms with Crippen molar-refractivity contribution in [2.45, 2.75) is 96.6 Å². The van der Waals surface area contributed by atoms with Crippen molar-refractivity contribution in [2.75, 3.05) is 6.61 Å². The summed E-state index contributed by atoms with van der Waals surface area (Å²) in [7, 11) is 0. The van der Waals surface area contributed by atoms with Crippen LogP contribution in [0, 0.1) is 5.92 Å². The number of hydrogen-bond donors (Lipinski definition) is 1. The Morgan fingerprint density at radius 3 is 2.26 bits per heavy atom. The van der Waals surface area contributed by atoms with Gasteiger partial charge in [0.25, 0.3) is 0 Å². The number of hydrogen-bond acceptors (Lipinski definition) is 2. The molecular weight excluding hydrogens is 234 g/mol. The van der Waals surface area contributed by atoms with E-state index in [1.54, 1.807) is 0 Å². The molecule has 1 aliphatic rings. The summed E-state index contributed by atoms with van der Waals surface area (Å²) in [6.45, 7) is 5.41. The zero-order valence-electron chi connectivity index (χ0n) is 13.2. The van der Waals surface area contributed by atoms with Crippen LogP contribution in [-0.2, 0) is 4.74 Å². The monoisotopic (exact) mass is 269 g/mol. The van der Waals surface area contributed by atoms with Gasteiger partial charge in [-0.15, -0.1) is 0 Å². The number of nitrogens with two attached hydrogens (primary N) is 1. The molecule has 3 unspecified atom stereocenters. The number of rotatable bonds is 11. The van der Waals surface area contributed by atoms with E-state index in [2.05, 4.69) is 13.8 Å². The van der Waals surface area contributed by atoms with Gasteiger partial charge in [-0.2, -0.15) is 0 Å². The van der Waals surface area contributed by atoms with Gasteiger partial charge in [-0.1, -0.05) is 65.2 Å². The zero-order chi connectivity index (χ0) is 13.9. The van der Waals surface area contributed by atoms with Gasteiger partial charge >= 0.3 is 0 Å². The van der Waals surface area contributed by atoms with Crippen LogP contribution in [0.2, 0.25) is 0 Å². The third-order valence-corrected chi connectivity index (χ3v) is 4.60. The Labute approximate surface area is 120 Å². The van der Waals surface area contributed by atoms with Crippen molar-refractivity contribution in [1.29, 1.82) is 0 Å². The summed E-state index contributed by atoms with van der Waals surface area (Å²) < 4.78 is 5.74. The SMILES string of the molecule is CCCCCCCCCCC(N)C1CCOC1CC. The van der Waals surface area contributed by atoms with Crippen LogP contribution >= 0.6 is 0 Å². The molecule has 0 aromatic heterocycles. The predicted molar refractivity (Wildman–Crippen MR) is 83.3 cm³/mol. The van der Waals surface area contributed by atoms with Crippen LogP contribution in [0.25, 0.3) is 0 Å². The largest absolute Gasteiger partial charge is 0.378 e. The quantitative estimate of drug-likeness (QED) is 0.554. The highest BCUT2D eigenvalue weighted by Gasteiger charge is 2.31. The van der Waals surface area contributed by atoms with E-state index in [9.17, 15) is 0 Å². The third-order valence-electron chi connectivity index (χ3n) is 4.60. The zero-order valence-corrected chi connectivity index (χ0v) is 13.2. The Bertz CT molecular complexity index is 207. The molecule has 0 radical (unpaired) electrons. The Kier molecular flexibility index (Phi) is 9.54. The van der Waals surface area contributed by atoms with Crippen molar-refractivity contribution in [3.63, 3.8) is 0 Å². The molecule has 1 saturated heterocycles. The van der Waals surface area contributed by atoms with Gasteiger partial charge < -0.3 is 10.5 Å². The van der Waals surface area contributed by atoms with Crippen LogP contribution in [-0.4, -0.2) is 18.8 Å². The molecule has 0 saturated carbocycles. The van der Waals surface area contributed by atoms with Gasteiger partial charge in [-0.3, -0.25) is 0 Å². The highest BCUT2D eigenvalue weighted by molar-refractivity contribution is 4.83. The van der Waals surface area contributed by atoms with Crippen LogP contribution in [0.1, 0.15) is 84.5 Å². The smallest absolute Gasteiger partial charge is 0.0616 e. The lowest BCUT2D eigenvalue weighted by atomic mass is 9.88. The first kappa shape index (κ1) is 17.0. The van der Waals surface area contributed by atoms with Crippen molar-refractivity contribution in [2.24, 2.45) is 11.7 Å². The second-order valence-corrected chi connectivity index (χ2v) is 6.20. The van der Waals surface area contributed by atoms with E-state index >= 15 is 0 Å². The summed E-state index contributed by atoms with van der Waals surface area (Å²) in [5, 5.41) is 0. The third kappa shape index (κ3) is 6.76. The van der Waals surface area contributed by atoms with Crippen molar-refractivity contribution < 1.29 is 4.74 Å². The van der Waals surface area contributed by atoms with E-state index < -0.39 is 0 Å². The average Bonchev–Trinajstić information content (AvgIpc) is 2.90. The van der Waals surface area contributed by atoms with Gasteiger partial charge in [0.1, 0.15) is 0 Å². The van der Waals surface area contributed by atoms with E-state index in [-0.39, 0.29) is 0 Å². The molecule has 2 nitrogen and oxygen atoms in total. The minimum atomic E-state index is 0.368. The molecule has 3 atom stereocenters. The molecule has 0 bridgehead atoms. The lowest BCUT2D eigenvalue weighted by Crippen LogP contribution is -2.35. The molecule has 1 fully saturated rings.